The average molecular weight is 361 g/mol. The molecule has 2 aromatic heterocycles. The molecule has 0 bridgehead atoms. The van der Waals surface area contributed by atoms with E-state index in [1.165, 1.54) is 17.4 Å². The van der Waals surface area contributed by atoms with Crippen molar-refractivity contribution in [2.24, 2.45) is 0 Å². The van der Waals surface area contributed by atoms with E-state index in [9.17, 15) is 19.1 Å². The third-order valence-corrected chi connectivity index (χ3v) is 5.01. The van der Waals surface area contributed by atoms with Crippen LogP contribution in [0.25, 0.3) is 10.2 Å². The van der Waals surface area contributed by atoms with Gasteiger partial charge in [-0.25, -0.2) is 9.37 Å². The zero-order chi connectivity index (χ0) is 18.1. The number of aryl methyl sites for hydroxylation is 3. The molecule has 0 aliphatic heterocycles. The molecule has 1 aromatic carbocycles. The summed E-state index contributed by atoms with van der Waals surface area (Å²) >= 11 is 1.44. The van der Waals surface area contributed by atoms with E-state index < -0.39 is 11.7 Å². The molecule has 0 radical (unpaired) electrons. The van der Waals surface area contributed by atoms with E-state index in [0.29, 0.717) is 16.0 Å². The summed E-state index contributed by atoms with van der Waals surface area (Å²) in [5.74, 6) is -0.778. The molecule has 1 amide bonds. The third kappa shape index (κ3) is 3.53. The summed E-state index contributed by atoms with van der Waals surface area (Å²) in [6.07, 6.45) is 0.261. The number of hydrogen-bond acceptors (Lipinski definition) is 5. The maximum absolute atomic E-state index is 13.2. The standard InChI is InChI=1S/C17H16FN3O3S/c1-8-9(2)25-17-15(8)16(24)20-13(21-17)5-6-14(23)19-11-7-10(18)3-4-12(11)22/h3-4,7,22H,5-6H2,1-2H3,(H,19,23)(H,20,21,24). The fourth-order valence-electron chi connectivity index (χ4n) is 2.47. The fourth-order valence-corrected chi connectivity index (χ4v) is 3.52. The lowest BCUT2D eigenvalue weighted by molar-refractivity contribution is -0.116. The van der Waals surface area contributed by atoms with Gasteiger partial charge in [-0.15, -0.1) is 11.3 Å². The van der Waals surface area contributed by atoms with Gasteiger partial charge in [0.2, 0.25) is 5.91 Å². The molecule has 3 aromatic rings. The van der Waals surface area contributed by atoms with Crippen LogP contribution in [0.4, 0.5) is 10.1 Å². The van der Waals surface area contributed by atoms with E-state index >= 15 is 0 Å². The number of fused-ring (bicyclic) bond motifs is 1. The minimum atomic E-state index is -0.562. The lowest BCUT2D eigenvalue weighted by Gasteiger charge is -2.07. The van der Waals surface area contributed by atoms with Crippen LogP contribution in [0.5, 0.6) is 5.75 Å². The summed E-state index contributed by atoms with van der Waals surface area (Å²) < 4.78 is 13.2. The van der Waals surface area contributed by atoms with Gasteiger partial charge in [-0.2, -0.15) is 0 Å². The van der Waals surface area contributed by atoms with Crippen molar-refractivity contribution in [3.05, 3.63) is 50.6 Å². The molecule has 3 N–H and O–H groups in total. The number of carbonyl (C=O) groups excluding carboxylic acids is 1. The monoisotopic (exact) mass is 361 g/mol. The van der Waals surface area contributed by atoms with Crippen LogP contribution in [0.1, 0.15) is 22.7 Å². The largest absolute Gasteiger partial charge is 0.506 e. The molecule has 6 nitrogen and oxygen atoms in total. The first-order valence-corrected chi connectivity index (χ1v) is 8.44. The van der Waals surface area contributed by atoms with Crippen molar-refractivity contribution in [3.8, 4) is 5.75 Å². The first kappa shape index (κ1) is 17.1. The van der Waals surface area contributed by atoms with Crippen LogP contribution in [0, 0.1) is 19.7 Å². The molecule has 25 heavy (non-hydrogen) atoms. The Bertz CT molecular complexity index is 1030. The Morgan fingerprint density at radius 1 is 1.40 bits per heavy atom. The van der Waals surface area contributed by atoms with E-state index in [0.717, 1.165) is 22.6 Å². The van der Waals surface area contributed by atoms with E-state index in [4.69, 9.17) is 0 Å². The number of phenols is 1. The predicted octanol–water partition coefficient (Wildman–Crippen LogP) is 3.02. The Labute approximate surface area is 146 Å². The van der Waals surface area contributed by atoms with Gasteiger partial charge < -0.3 is 15.4 Å². The highest BCUT2D eigenvalue weighted by molar-refractivity contribution is 7.18. The van der Waals surface area contributed by atoms with Crippen LogP contribution in [0.15, 0.2) is 23.0 Å². The summed E-state index contributed by atoms with van der Waals surface area (Å²) in [6.45, 7) is 3.81. The highest BCUT2D eigenvalue weighted by atomic mass is 32.1. The van der Waals surface area contributed by atoms with Crippen LogP contribution >= 0.6 is 11.3 Å². The van der Waals surface area contributed by atoms with E-state index in [2.05, 4.69) is 15.3 Å². The molecule has 3 rings (SSSR count). The van der Waals surface area contributed by atoms with Gasteiger partial charge in [-0.1, -0.05) is 0 Å². The van der Waals surface area contributed by atoms with Gasteiger partial charge in [0.25, 0.3) is 5.56 Å². The van der Waals surface area contributed by atoms with Crippen molar-refractivity contribution in [1.29, 1.82) is 0 Å². The number of nitrogens with zero attached hydrogens (tertiary/aromatic N) is 1. The number of aromatic nitrogens is 2. The molecule has 0 atom stereocenters. The van der Waals surface area contributed by atoms with Gasteiger partial charge >= 0.3 is 0 Å². The summed E-state index contributed by atoms with van der Waals surface area (Å²) in [6, 6.07) is 3.30. The maximum Gasteiger partial charge on any atom is 0.259 e. The number of halogens is 1. The molecule has 0 spiro atoms. The highest BCUT2D eigenvalue weighted by Crippen LogP contribution is 2.26. The van der Waals surface area contributed by atoms with Crippen LogP contribution in [-0.4, -0.2) is 21.0 Å². The Morgan fingerprint density at radius 3 is 2.92 bits per heavy atom. The van der Waals surface area contributed by atoms with E-state index in [1.807, 2.05) is 13.8 Å². The van der Waals surface area contributed by atoms with Gasteiger partial charge in [-0.05, 0) is 31.5 Å². The first-order valence-electron chi connectivity index (χ1n) is 7.62. The zero-order valence-corrected chi connectivity index (χ0v) is 14.5. The van der Waals surface area contributed by atoms with Crippen LogP contribution in [-0.2, 0) is 11.2 Å². The fraction of sp³-hybridized carbons (Fsp3) is 0.235. The summed E-state index contributed by atoms with van der Waals surface area (Å²) in [5, 5.41) is 12.6. The van der Waals surface area contributed by atoms with Crippen molar-refractivity contribution in [2.45, 2.75) is 26.7 Å². The number of thiophene rings is 1. The molecule has 8 heteroatoms. The number of benzene rings is 1. The molecular formula is C17H16FN3O3S. The predicted molar refractivity (Wildman–Crippen MR) is 94.7 cm³/mol. The summed E-state index contributed by atoms with van der Waals surface area (Å²) in [7, 11) is 0. The second-order valence-electron chi connectivity index (χ2n) is 5.69. The average Bonchev–Trinajstić information content (AvgIpc) is 2.84. The smallest absolute Gasteiger partial charge is 0.259 e. The first-order chi connectivity index (χ1) is 11.8. The Hall–Kier alpha value is -2.74. The second kappa shape index (κ2) is 6.64. The number of carbonyl (C=O) groups is 1. The topological polar surface area (TPSA) is 95.1 Å². The van der Waals surface area contributed by atoms with Crippen LogP contribution < -0.4 is 10.9 Å². The third-order valence-electron chi connectivity index (χ3n) is 3.91. The molecule has 0 fully saturated rings. The number of phenolic OH excluding ortho intramolecular Hbond substituents is 1. The summed E-state index contributed by atoms with van der Waals surface area (Å²) in [5.41, 5.74) is 0.705. The Morgan fingerprint density at radius 2 is 2.16 bits per heavy atom. The number of H-pyrrole nitrogens is 1. The van der Waals surface area contributed by atoms with Crippen molar-refractivity contribution in [1.82, 2.24) is 9.97 Å². The lowest BCUT2D eigenvalue weighted by atomic mass is 10.2. The molecule has 2 heterocycles. The second-order valence-corrected chi connectivity index (χ2v) is 6.89. The van der Waals surface area contributed by atoms with Crippen LogP contribution in [0.2, 0.25) is 0 Å². The molecule has 0 saturated heterocycles. The molecule has 130 valence electrons. The Kier molecular flexibility index (Phi) is 4.54. The number of aromatic hydroxyl groups is 1. The SMILES string of the molecule is Cc1sc2nc(CCC(=O)Nc3cc(F)ccc3O)[nH]c(=O)c2c1C. The molecular weight excluding hydrogens is 345 g/mol. The molecule has 0 saturated carbocycles. The normalized spacial score (nSPS) is 11.0. The quantitative estimate of drug-likeness (QED) is 0.623. The number of anilines is 1. The van der Waals surface area contributed by atoms with Gasteiger partial charge in [0.05, 0.1) is 11.1 Å². The Balaban J connectivity index is 1.73. The number of hydrogen-bond donors (Lipinski definition) is 3. The van der Waals surface area contributed by atoms with Gasteiger partial charge in [0, 0.05) is 23.8 Å². The van der Waals surface area contributed by atoms with Gasteiger partial charge in [-0.3, -0.25) is 9.59 Å². The number of rotatable bonds is 4. The van der Waals surface area contributed by atoms with Crippen molar-refractivity contribution in [3.63, 3.8) is 0 Å². The number of nitrogens with one attached hydrogen (secondary N) is 2. The lowest BCUT2D eigenvalue weighted by Crippen LogP contribution is -2.16. The van der Waals surface area contributed by atoms with Crippen molar-refractivity contribution >= 4 is 33.1 Å². The number of aromatic amines is 1. The minimum absolute atomic E-state index is 0.00594. The zero-order valence-electron chi connectivity index (χ0n) is 13.6. The van der Waals surface area contributed by atoms with E-state index in [-0.39, 0.29) is 29.8 Å². The number of amides is 1. The molecule has 0 unspecified atom stereocenters. The summed E-state index contributed by atoms with van der Waals surface area (Å²) in [4.78, 5) is 33.0. The van der Waals surface area contributed by atoms with Gasteiger partial charge in [0.15, 0.2) is 0 Å². The molecule has 0 aliphatic carbocycles. The van der Waals surface area contributed by atoms with Crippen molar-refractivity contribution in [2.75, 3.05) is 5.32 Å². The molecule has 0 aliphatic rings. The van der Waals surface area contributed by atoms with Crippen molar-refractivity contribution < 1.29 is 14.3 Å². The highest BCUT2D eigenvalue weighted by Gasteiger charge is 2.13. The maximum atomic E-state index is 13.2. The van der Waals surface area contributed by atoms with Gasteiger partial charge in [0.1, 0.15) is 22.2 Å². The minimum Gasteiger partial charge on any atom is -0.506 e. The van der Waals surface area contributed by atoms with E-state index in [1.54, 1.807) is 0 Å². The van der Waals surface area contributed by atoms with Crippen LogP contribution in [0.3, 0.4) is 0 Å².